The van der Waals surface area contributed by atoms with Gasteiger partial charge < -0.3 is 5.32 Å². The Hall–Kier alpha value is -0.910. The molecule has 2 aromatic heterocycles. The second-order valence-electron chi connectivity index (χ2n) is 6.21. The number of nitrogens with one attached hydrogen (secondary N) is 1. The Bertz CT molecular complexity index is 595. The van der Waals surface area contributed by atoms with E-state index in [4.69, 9.17) is 0 Å². The molecule has 0 aliphatic carbocycles. The number of hydrogen-bond acceptors (Lipinski definition) is 4. The van der Waals surface area contributed by atoms with Gasteiger partial charge in [-0.25, -0.2) is 4.98 Å². The molecule has 116 valence electrons. The molecule has 0 bridgehead atoms. The molecule has 21 heavy (non-hydrogen) atoms. The average Bonchev–Trinajstić information content (AvgIpc) is 2.96. The molecule has 0 aromatic carbocycles. The fraction of sp³-hybridized carbons (Fsp3) is 0.688. The van der Waals surface area contributed by atoms with Gasteiger partial charge >= 0.3 is 0 Å². The first-order valence-corrected chi connectivity index (χ1v) is 8.85. The van der Waals surface area contributed by atoms with Crippen LogP contribution in [-0.2, 0) is 6.54 Å². The van der Waals surface area contributed by atoms with Crippen LogP contribution in [0.2, 0.25) is 0 Å². The van der Waals surface area contributed by atoms with Gasteiger partial charge in [0.15, 0.2) is 4.96 Å². The van der Waals surface area contributed by atoms with E-state index < -0.39 is 0 Å². The van der Waals surface area contributed by atoms with E-state index in [-0.39, 0.29) is 0 Å². The minimum atomic E-state index is 0.623. The van der Waals surface area contributed by atoms with E-state index in [1.54, 1.807) is 11.3 Å². The molecule has 4 nitrogen and oxygen atoms in total. The molecule has 0 radical (unpaired) electrons. The van der Waals surface area contributed by atoms with Crippen LogP contribution in [0, 0.1) is 13.8 Å². The number of imidazole rings is 1. The van der Waals surface area contributed by atoms with E-state index in [0.717, 1.165) is 23.7 Å². The van der Waals surface area contributed by atoms with E-state index in [0.29, 0.717) is 6.04 Å². The quantitative estimate of drug-likeness (QED) is 0.922. The number of fused-ring (bicyclic) bond motifs is 1. The summed E-state index contributed by atoms with van der Waals surface area (Å²) in [5.74, 6) is 0. The molecule has 1 unspecified atom stereocenters. The van der Waals surface area contributed by atoms with E-state index in [2.05, 4.69) is 46.6 Å². The van der Waals surface area contributed by atoms with Crippen LogP contribution in [0.5, 0.6) is 0 Å². The van der Waals surface area contributed by atoms with Crippen LogP contribution in [0.15, 0.2) is 6.20 Å². The highest BCUT2D eigenvalue weighted by molar-refractivity contribution is 7.17. The summed E-state index contributed by atoms with van der Waals surface area (Å²) in [6.07, 6.45) is 6.33. The third-order valence-electron chi connectivity index (χ3n) is 4.49. The molecule has 3 heterocycles. The maximum atomic E-state index is 4.65. The highest BCUT2D eigenvalue weighted by Crippen LogP contribution is 2.20. The van der Waals surface area contributed by atoms with E-state index in [9.17, 15) is 0 Å². The molecule has 1 N–H and O–H groups in total. The van der Waals surface area contributed by atoms with E-state index in [1.165, 1.54) is 42.9 Å². The lowest BCUT2D eigenvalue weighted by molar-refractivity contribution is 0.170. The Labute approximate surface area is 131 Å². The summed E-state index contributed by atoms with van der Waals surface area (Å²) in [6.45, 7) is 11.1. The lowest BCUT2D eigenvalue weighted by Gasteiger charge is -2.32. The fourth-order valence-corrected chi connectivity index (χ4v) is 4.10. The zero-order chi connectivity index (χ0) is 14.8. The number of rotatable bonds is 5. The van der Waals surface area contributed by atoms with Crippen molar-refractivity contribution in [3.05, 3.63) is 22.5 Å². The molecule has 1 aliphatic rings. The second kappa shape index (κ2) is 6.46. The predicted molar refractivity (Wildman–Crippen MR) is 89.1 cm³/mol. The van der Waals surface area contributed by atoms with Crippen molar-refractivity contribution >= 4 is 16.3 Å². The zero-order valence-corrected chi connectivity index (χ0v) is 14.2. The number of aryl methyl sites for hydroxylation is 2. The molecule has 1 fully saturated rings. The molecule has 3 rings (SSSR count). The van der Waals surface area contributed by atoms with Gasteiger partial charge in [0.2, 0.25) is 0 Å². The minimum absolute atomic E-state index is 0.623. The van der Waals surface area contributed by atoms with Gasteiger partial charge in [-0.3, -0.25) is 9.30 Å². The molecule has 0 saturated carbocycles. The molecule has 5 heteroatoms. The van der Waals surface area contributed by atoms with Gasteiger partial charge in [0.1, 0.15) is 0 Å². The summed E-state index contributed by atoms with van der Waals surface area (Å²) in [5.41, 5.74) is 2.46. The molecule has 1 saturated heterocycles. The Morgan fingerprint density at radius 1 is 1.29 bits per heavy atom. The van der Waals surface area contributed by atoms with Crippen LogP contribution >= 0.6 is 11.3 Å². The summed E-state index contributed by atoms with van der Waals surface area (Å²) in [7, 11) is 0. The molecule has 0 amide bonds. The number of hydrogen-bond donors (Lipinski definition) is 1. The second-order valence-corrected chi connectivity index (χ2v) is 7.43. The van der Waals surface area contributed by atoms with Crippen LogP contribution in [-0.4, -0.2) is 40.0 Å². The number of aromatic nitrogens is 2. The molecular weight excluding hydrogens is 280 g/mol. The average molecular weight is 306 g/mol. The van der Waals surface area contributed by atoms with Gasteiger partial charge in [0, 0.05) is 30.2 Å². The zero-order valence-electron chi connectivity index (χ0n) is 13.4. The van der Waals surface area contributed by atoms with Gasteiger partial charge in [-0.05, 0) is 46.7 Å². The van der Waals surface area contributed by atoms with Crippen LogP contribution in [0.25, 0.3) is 4.96 Å². The number of piperidine rings is 1. The minimum Gasteiger partial charge on any atom is -0.310 e. The molecule has 1 atom stereocenters. The van der Waals surface area contributed by atoms with Gasteiger partial charge in [-0.1, -0.05) is 6.42 Å². The number of thiazole rings is 1. The Kier molecular flexibility index (Phi) is 4.62. The summed E-state index contributed by atoms with van der Waals surface area (Å²) in [6, 6.07) is 0.623. The first-order valence-electron chi connectivity index (χ1n) is 8.04. The standard InChI is InChI=1S/C16H26N4S/c1-12(19-7-5-4-6-8-19)9-17-10-15-14(3)18-16-20(15)11-13(2)21-16/h11-12,17H,4-10H2,1-3H3. The van der Waals surface area contributed by atoms with Crippen molar-refractivity contribution in [1.29, 1.82) is 0 Å². The first-order chi connectivity index (χ1) is 10.1. The highest BCUT2D eigenvalue weighted by atomic mass is 32.1. The largest absolute Gasteiger partial charge is 0.310 e. The van der Waals surface area contributed by atoms with Crippen LogP contribution < -0.4 is 5.32 Å². The van der Waals surface area contributed by atoms with Crippen molar-refractivity contribution in [3.8, 4) is 0 Å². The van der Waals surface area contributed by atoms with Crippen molar-refractivity contribution in [2.75, 3.05) is 19.6 Å². The third kappa shape index (κ3) is 3.30. The summed E-state index contributed by atoms with van der Waals surface area (Å²) in [5, 5.41) is 3.63. The molecule has 2 aromatic rings. The van der Waals surface area contributed by atoms with Crippen molar-refractivity contribution in [2.24, 2.45) is 0 Å². The number of nitrogens with zero attached hydrogens (tertiary/aromatic N) is 3. The van der Waals surface area contributed by atoms with E-state index in [1.807, 2.05) is 0 Å². The molecular formula is C16H26N4S. The highest BCUT2D eigenvalue weighted by Gasteiger charge is 2.17. The summed E-state index contributed by atoms with van der Waals surface area (Å²) in [4.78, 5) is 9.70. The van der Waals surface area contributed by atoms with Crippen LogP contribution in [0.4, 0.5) is 0 Å². The van der Waals surface area contributed by atoms with Gasteiger partial charge in [0.05, 0.1) is 11.4 Å². The van der Waals surface area contributed by atoms with Crippen molar-refractivity contribution in [3.63, 3.8) is 0 Å². The van der Waals surface area contributed by atoms with Crippen LogP contribution in [0.1, 0.15) is 42.5 Å². The smallest absolute Gasteiger partial charge is 0.194 e. The van der Waals surface area contributed by atoms with Gasteiger partial charge in [0.25, 0.3) is 0 Å². The lowest BCUT2D eigenvalue weighted by atomic mass is 10.1. The third-order valence-corrected chi connectivity index (χ3v) is 5.39. The topological polar surface area (TPSA) is 32.6 Å². The normalized spacial score (nSPS) is 18.4. The van der Waals surface area contributed by atoms with Crippen molar-refractivity contribution in [2.45, 2.75) is 52.6 Å². The monoisotopic (exact) mass is 306 g/mol. The van der Waals surface area contributed by atoms with Crippen molar-refractivity contribution < 1.29 is 0 Å². The van der Waals surface area contributed by atoms with Gasteiger partial charge in [-0.2, -0.15) is 0 Å². The maximum absolute atomic E-state index is 4.65. The predicted octanol–water partition coefficient (Wildman–Crippen LogP) is 2.98. The Balaban J connectivity index is 1.57. The first kappa shape index (κ1) is 15.0. The lowest BCUT2D eigenvalue weighted by Crippen LogP contribution is -2.43. The number of likely N-dealkylation sites (tertiary alicyclic amines) is 1. The fourth-order valence-electron chi connectivity index (χ4n) is 3.21. The van der Waals surface area contributed by atoms with Crippen molar-refractivity contribution in [1.82, 2.24) is 19.6 Å². The maximum Gasteiger partial charge on any atom is 0.194 e. The summed E-state index contributed by atoms with van der Waals surface area (Å²) < 4.78 is 2.24. The van der Waals surface area contributed by atoms with Crippen LogP contribution in [0.3, 0.4) is 0 Å². The Morgan fingerprint density at radius 3 is 2.81 bits per heavy atom. The van der Waals surface area contributed by atoms with Gasteiger partial charge in [-0.15, -0.1) is 11.3 Å². The van der Waals surface area contributed by atoms with E-state index >= 15 is 0 Å². The summed E-state index contributed by atoms with van der Waals surface area (Å²) >= 11 is 1.77. The molecule has 1 aliphatic heterocycles. The SMILES string of the molecule is Cc1cn2c(CNCC(C)N3CCCCC3)c(C)nc2s1. The molecule has 0 spiro atoms. The Morgan fingerprint density at radius 2 is 2.05 bits per heavy atom.